The van der Waals surface area contributed by atoms with Crippen LogP contribution in [0.25, 0.3) is 10.9 Å². The molecule has 0 spiro atoms. The second kappa shape index (κ2) is 9.57. The fourth-order valence-electron chi connectivity index (χ4n) is 10.3. The van der Waals surface area contributed by atoms with E-state index in [2.05, 4.69) is 77.0 Å². The molecular weight excluding hydrogens is 509 g/mol. The second-order valence-corrected chi connectivity index (χ2v) is 14.8. The number of aromatic amines is 1. The molecule has 6 unspecified atom stereocenters. The molecule has 0 amide bonds. The minimum absolute atomic E-state index is 0.0531. The van der Waals surface area contributed by atoms with Crippen LogP contribution in [-0.4, -0.2) is 16.6 Å². The van der Waals surface area contributed by atoms with Gasteiger partial charge in [0, 0.05) is 28.4 Å². The highest BCUT2D eigenvalue weighted by Gasteiger charge is 2.65. The van der Waals surface area contributed by atoms with Crippen molar-refractivity contribution >= 4 is 17.4 Å². The number of halogens is 1. The third-order valence-electron chi connectivity index (χ3n) is 12.8. The number of benzene rings is 2. The third-order valence-corrected chi connectivity index (χ3v) is 12.8. The molecule has 218 valence electrons. The first-order valence-corrected chi connectivity index (χ1v) is 15.6. The zero-order valence-electron chi connectivity index (χ0n) is 25.6. The van der Waals surface area contributed by atoms with E-state index in [1.165, 1.54) is 67.2 Å². The van der Waals surface area contributed by atoms with Crippen LogP contribution in [0.2, 0.25) is 0 Å². The van der Waals surface area contributed by atoms with Gasteiger partial charge in [-0.1, -0.05) is 70.9 Å². The van der Waals surface area contributed by atoms with Gasteiger partial charge >= 0.3 is 0 Å². The van der Waals surface area contributed by atoms with Crippen molar-refractivity contribution in [3.05, 3.63) is 82.3 Å². The van der Waals surface area contributed by atoms with Crippen molar-refractivity contribution in [3.8, 4) is 0 Å². The Balaban J connectivity index is 0.000000967. The smallest absolute Gasteiger partial charge is 0.290 e. The molecule has 41 heavy (non-hydrogen) atoms. The molecule has 0 saturated heterocycles. The van der Waals surface area contributed by atoms with Crippen LogP contribution < -0.4 is 0 Å². The van der Waals surface area contributed by atoms with E-state index in [9.17, 15) is 4.39 Å². The molecule has 4 heteroatoms. The van der Waals surface area contributed by atoms with Crippen LogP contribution in [-0.2, 0) is 10.2 Å². The maximum atomic E-state index is 14.5. The minimum atomic E-state index is -0.250. The van der Waals surface area contributed by atoms with Crippen LogP contribution in [0.3, 0.4) is 0 Å². The van der Waals surface area contributed by atoms with Crippen LogP contribution in [0.1, 0.15) is 108 Å². The van der Waals surface area contributed by atoms with Crippen LogP contribution >= 0.6 is 0 Å². The molecule has 2 N–H and O–H groups in total. The van der Waals surface area contributed by atoms with Gasteiger partial charge in [-0.25, -0.2) is 4.39 Å². The quantitative estimate of drug-likeness (QED) is 0.232. The molecule has 1 heterocycles. The predicted molar refractivity (Wildman–Crippen MR) is 165 cm³/mol. The summed E-state index contributed by atoms with van der Waals surface area (Å²) < 4.78 is 14.5. The Kier molecular flexibility index (Phi) is 6.60. The lowest BCUT2D eigenvalue weighted by Gasteiger charge is -2.69. The molecule has 2 aromatic carbocycles. The van der Waals surface area contributed by atoms with E-state index in [1.54, 1.807) is 17.7 Å². The van der Waals surface area contributed by atoms with Crippen molar-refractivity contribution in [3.63, 3.8) is 0 Å². The van der Waals surface area contributed by atoms with E-state index < -0.39 is 0 Å². The number of hydrogen-bond acceptors (Lipinski definition) is 1. The van der Waals surface area contributed by atoms with Crippen LogP contribution in [0.4, 0.5) is 4.39 Å². The van der Waals surface area contributed by atoms with Crippen LogP contribution in [0.5, 0.6) is 0 Å². The number of hydrogen-bond donors (Lipinski definition) is 2. The van der Waals surface area contributed by atoms with E-state index in [-0.39, 0.29) is 29.0 Å². The number of rotatable bonds is 1. The number of nitrogens with one attached hydrogen (secondary N) is 1. The zero-order chi connectivity index (χ0) is 29.4. The van der Waals surface area contributed by atoms with E-state index in [0.717, 1.165) is 22.7 Å². The topological polar surface area (TPSA) is 53.1 Å². The average molecular weight is 556 g/mol. The number of carbonyl (C=O) groups is 1. The largest absolute Gasteiger partial charge is 0.483 e. The van der Waals surface area contributed by atoms with Crippen molar-refractivity contribution in [1.29, 1.82) is 0 Å². The Morgan fingerprint density at radius 3 is 2.54 bits per heavy atom. The summed E-state index contributed by atoms with van der Waals surface area (Å²) in [7, 11) is 0. The van der Waals surface area contributed by atoms with Crippen molar-refractivity contribution in [1.82, 2.24) is 4.98 Å². The van der Waals surface area contributed by atoms with Gasteiger partial charge in [-0.3, -0.25) is 4.79 Å². The molecule has 7 atom stereocenters. The van der Waals surface area contributed by atoms with Crippen molar-refractivity contribution in [2.24, 2.45) is 28.1 Å². The summed E-state index contributed by atoms with van der Waals surface area (Å²) in [5.41, 5.74) is 9.22. The molecule has 1 aromatic heterocycles. The molecule has 3 saturated carbocycles. The predicted octanol–water partition coefficient (Wildman–Crippen LogP) is 9.69. The summed E-state index contributed by atoms with van der Waals surface area (Å²) in [5, 5.41) is 7.91. The molecule has 7 rings (SSSR count). The lowest BCUT2D eigenvalue weighted by atomic mass is 9.35. The molecular formula is C37H46FNO2. The summed E-state index contributed by atoms with van der Waals surface area (Å²) in [6, 6.07) is 12.1. The third kappa shape index (κ3) is 3.92. The van der Waals surface area contributed by atoms with E-state index in [4.69, 9.17) is 9.90 Å². The van der Waals surface area contributed by atoms with Crippen molar-refractivity contribution < 1.29 is 14.3 Å². The number of allylic oxidation sites excluding steroid dienone is 2. The first-order chi connectivity index (χ1) is 19.4. The molecule has 0 aliphatic heterocycles. The Hall–Kier alpha value is -2.88. The summed E-state index contributed by atoms with van der Waals surface area (Å²) in [5.74, 6) is 1.59. The molecule has 4 aliphatic carbocycles. The minimum Gasteiger partial charge on any atom is -0.483 e. The summed E-state index contributed by atoms with van der Waals surface area (Å²) >= 11 is 0. The lowest BCUT2D eigenvalue weighted by Crippen LogP contribution is -2.61. The molecule has 0 bridgehead atoms. The molecule has 3 fully saturated rings. The Morgan fingerprint density at radius 1 is 1.02 bits per heavy atom. The van der Waals surface area contributed by atoms with E-state index >= 15 is 0 Å². The van der Waals surface area contributed by atoms with Gasteiger partial charge in [0.2, 0.25) is 0 Å². The van der Waals surface area contributed by atoms with Gasteiger partial charge < -0.3 is 10.1 Å². The van der Waals surface area contributed by atoms with Gasteiger partial charge in [-0.05, 0) is 114 Å². The fourth-order valence-corrected chi connectivity index (χ4v) is 10.3. The lowest BCUT2D eigenvalue weighted by molar-refractivity contribution is -0.145. The Labute approximate surface area is 244 Å². The summed E-state index contributed by atoms with van der Waals surface area (Å²) in [6.45, 7) is 15.0. The van der Waals surface area contributed by atoms with Crippen LogP contribution in [0, 0.1) is 40.8 Å². The van der Waals surface area contributed by atoms with Gasteiger partial charge in [0.05, 0.1) is 0 Å². The molecule has 0 radical (unpaired) electrons. The van der Waals surface area contributed by atoms with Gasteiger partial charge in [0.15, 0.2) is 0 Å². The standard InChI is InChI=1S/C36H44FN.CH2O2/c1-22-12-13-33(3)14-16-36(6)31-20-26(27-21-38-29-11-10-24(37)19-25(27)29)32-23(2)8-7-9-28(32)34(31,4)15-17-35(36,5)30(33)18-22;2-1-3/h7-11,19-22,26,30,38H,12-18H2,1-6H3;1H,(H,2,3)/t22?,26?,30?,33?,34?,35-,36?;/m0./s1. The highest BCUT2D eigenvalue weighted by Crippen LogP contribution is 2.74. The highest BCUT2D eigenvalue weighted by molar-refractivity contribution is 5.85. The second-order valence-electron chi connectivity index (χ2n) is 14.8. The van der Waals surface area contributed by atoms with Crippen LogP contribution in [0.15, 0.2) is 54.2 Å². The number of aromatic nitrogens is 1. The van der Waals surface area contributed by atoms with Gasteiger partial charge in [0.1, 0.15) is 5.82 Å². The van der Waals surface area contributed by atoms with Gasteiger partial charge in [-0.15, -0.1) is 0 Å². The Morgan fingerprint density at radius 2 is 1.78 bits per heavy atom. The molecule has 3 aromatic rings. The number of carboxylic acid groups (broad SMARTS) is 1. The highest BCUT2D eigenvalue weighted by atomic mass is 19.1. The maximum Gasteiger partial charge on any atom is 0.290 e. The Bertz CT molecular complexity index is 1540. The van der Waals surface area contributed by atoms with Gasteiger partial charge in [0.25, 0.3) is 6.47 Å². The average Bonchev–Trinajstić information content (AvgIpc) is 3.35. The number of aryl methyl sites for hydroxylation is 1. The van der Waals surface area contributed by atoms with E-state index in [1.807, 2.05) is 6.07 Å². The van der Waals surface area contributed by atoms with Crippen molar-refractivity contribution in [2.75, 3.05) is 0 Å². The number of H-pyrrole nitrogens is 1. The molecule has 3 nitrogen and oxygen atoms in total. The fraction of sp³-hybridized carbons (Fsp3) is 0.541. The zero-order valence-corrected chi connectivity index (χ0v) is 25.6. The summed E-state index contributed by atoms with van der Waals surface area (Å²) in [6.07, 6.45) is 14.1. The molecule has 4 aliphatic rings. The summed E-state index contributed by atoms with van der Waals surface area (Å²) in [4.78, 5) is 11.8. The normalized spacial score (nSPS) is 37.4. The van der Waals surface area contributed by atoms with Gasteiger partial charge in [-0.2, -0.15) is 0 Å². The number of fused-ring (bicyclic) bond motifs is 8. The first-order valence-electron chi connectivity index (χ1n) is 15.6. The first kappa shape index (κ1) is 28.2. The van der Waals surface area contributed by atoms with Crippen molar-refractivity contribution in [2.45, 2.75) is 97.8 Å². The van der Waals surface area contributed by atoms with E-state index in [0.29, 0.717) is 10.8 Å². The maximum absolute atomic E-state index is 14.5. The SMILES string of the molecule is Cc1cccc2c1C(c1c[nH]c3ccc(F)cc13)C=C1C2(C)CC[C@@]2(C)C3CC(C)CCC3(C)CCC12C.O=CO. The monoisotopic (exact) mass is 555 g/mol.